The molecule has 2 aromatic rings. The Morgan fingerprint density at radius 1 is 0.969 bits per heavy atom. The van der Waals surface area contributed by atoms with Crippen LogP contribution in [0.15, 0.2) is 42.5 Å². The molecule has 0 aliphatic heterocycles. The van der Waals surface area contributed by atoms with Crippen LogP contribution in [-0.4, -0.2) is 36.0 Å². The third kappa shape index (κ3) is 5.14. The van der Waals surface area contributed by atoms with E-state index in [1.165, 1.54) is 28.9 Å². The molecule has 0 spiro atoms. The molecule has 32 heavy (non-hydrogen) atoms. The van der Waals surface area contributed by atoms with Gasteiger partial charge in [-0.3, -0.25) is 9.59 Å². The van der Waals surface area contributed by atoms with Crippen LogP contribution in [0.25, 0.3) is 0 Å². The van der Waals surface area contributed by atoms with Crippen molar-refractivity contribution in [3.05, 3.63) is 64.7 Å². The molecule has 0 saturated carbocycles. The van der Waals surface area contributed by atoms with Crippen LogP contribution in [0.5, 0.6) is 5.75 Å². The first-order valence-electron chi connectivity index (χ1n) is 11.2. The maximum Gasteiger partial charge on any atom is 0.304 e. The molecular formula is C27H35NO4. The zero-order valence-corrected chi connectivity index (χ0v) is 20.1. The van der Waals surface area contributed by atoms with Gasteiger partial charge in [-0.1, -0.05) is 58.0 Å². The lowest BCUT2D eigenvalue weighted by Gasteiger charge is -2.42. The summed E-state index contributed by atoms with van der Waals surface area (Å²) in [5.41, 5.74) is 4.99. The molecule has 0 heterocycles. The molecule has 172 valence electrons. The van der Waals surface area contributed by atoms with Crippen LogP contribution in [0.2, 0.25) is 0 Å². The van der Waals surface area contributed by atoms with Crippen molar-refractivity contribution >= 4 is 11.9 Å². The molecule has 2 aromatic carbocycles. The van der Waals surface area contributed by atoms with Gasteiger partial charge in [0.25, 0.3) is 0 Å². The van der Waals surface area contributed by atoms with Gasteiger partial charge >= 0.3 is 5.97 Å². The van der Waals surface area contributed by atoms with E-state index in [0.29, 0.717) is 17.9 Å². The summed E-state index contributed by atoms with van der Waals surface area (Å²) >= 11 is 0. The van der Waals surface area contributed by atoms with Crippen LogP contribution in [0.4, 0.5) is 0 Å². The number of rotatable bonds is 7. The molecule has 0 aromatic heterocycles. The fourth-order valence-electron chi connectivity index (χ4n) is 4.52. The maximum atomic E-state index is 12.4. The van der Waals surface area contributed by atoms with Gasteiger partial charge in [0.1, 0.15) is 12.4 Å². The number of hydrogen-bond donors (Lipinski definition) is 1. The SMILES string of the molecule is CN(C)C(=O)C(CC(=O)O)c1ccc(OCc2ccc3c(c2)C(C)(C)CCC3(C)C)cc1. The van der Waals surface area contributed by atoms with Gasteiger partial charge < -0.3 is 14.7 Å². The fraction of sp³-hybridized carbons (Fsp3) is 0.481. The van der Waals surface area contributed by atoms with Crippen LogP contribution >= 0.6 is 0 Å². The first kappa shape index (κ1) is 23.8. The molecule has 1 atom stereocenters. The van der Waals surface area contributed by atoms with Gasteiger partial charge in [-0.05, 0) is 58.1 Å². The monoisotopic (exact) mass is 437 g/mol. The third-order valence-corrected chi connectivity index (χ3v) is 6.72. The second-order valence-electron chi connectivity index (χ2n) is 10.4. The molecule has 1 aliphatic rings. The fourth-order valence-corrected chi connectivity index (χ4v) is 4.52. The van der Waals surface area contributed by atoms with E-state index in [9.17, 15) is 14.7 Å². The Hall–Kier alpha value is -2.82. The molecular weight excluding hydrogens is 402 g/mol. The highest BCUT2D eigenvalue weighted by molar-refractivity contribution is 5.87. The van der Waals surface area contributed by atoms with Crippen molar-refractivity contribution in [2.24, 2.45) is 0 Å². The molecule has 0 radical (unpaired) electrons. The topological polar surface area (TPSA) is 66.8 Å². The number of nitrogens with zero attached hydrogens (tertiary/aromatic N) is 1. The van der Waals surface area contributed by atoms with Gasteiger partial charge in [-0.15, -0.1) is 0 Å². The Balaban J connectivity index is 1.74. The summed E-state index contributed by atoms with van der Waals surface area (Å²) in [4.78, 5) is 25.1. The standard InChI is InChI=1S/C27H35NO4/c1-26(2)13-14-27(3,4)23-15-18(7-12-22(23)26)17-32-20-10-8-19(9-11-20)21(16-24(29)30)25(31)28(5)6/h7-12,15,21H,13-14,16-17H2,1-6H3,(H,29,30). The highest BCUT2D eigenvalue weighted by atomic mass is 16.5. The Bertz CT molecular complexity index is 989. The number of hydrogen-bond acceptors (Lipinski definition) is 3. The Labute approximate surface area is 191 Å². The van der Waals surface area contributed by atoms with E-state index in [1.54, 1.807) is 38.4 Å². The minimum atomic E-state index is -0.996. The Morgan fingerprint density at radius 2 is 1.56 bits per heavy atom. The lowest BCUT2D eigenvalue weighted by molar-refractivity contribution is -0.141. The summed E-state index contributed by atoms with van der Waals surface area (Å²) in [5, 5.41) is 9.20. The number of amides is 1. The largest absolute Gasteiger partial charge is 0.489 e. The molecule has 1 unspecified atom stereocenters. The quantitative estimate of drug-likeness (QED) is 0.641. The van der Waals surface area contributed by atoms with E-state index < -0.39 is 11.9 Å². The molecule has 1 N–H and O–H groups in total. The van der Waals surface area contributed by atoms with Crippen molar-refractivity contribution in [3.63, 3.8) is 0 Å². The zero-order valence-electron chi connectivity index (χ0n) is 20.1. The molecule has 1 amide bonds. The first-order valence-corrected chi connectivity index (χ1v) is 11.2. The van der Waals surface area contributed by atoms with E-state index in [1.807, 2.05) is 0 Å². The van der Waals surface area contributed by atoms with Crippen LogP contribution in [0, 0.1) is 0 Å². The maximum absolute atomic E-state index is 12.4. The van der Waals surface area contributed by atoms with Crippen molar-refractivity contribution in [3.8, 4) is 5.75 Å². The average molecular weight is 438 g/mol. The minimum absolute atomic E-state index is 0.153. The number of carboxylic acid groups (broad SMARTS) is 1. The van der Waals surface area contributed by atoms with E-state index in [0.717, 1.165) is 5.56 Å². The molecule has 1 aliphatic carbocycles. The minimum Gasteiger partial charge on any atom is -0.489 e. The molecule has 5 heteroatoms. The third-order valence-electron chi connectivity index (χ3n) is 6.72. The van der Waals surface area contributed by atoms with Crippen molar-refractivity contribution in [1.82, 2.24) is 4.90 Å². The molecule has 5 nitrogen and oxygen atoms in total. The lowest BCUT2D eigenvalue weighted by atomic mass is 9.63. The van der Waals surface area contributed by atoms with Crippen molar-refractivity contribution in [2.45, 2.75) is 70.3 Å². The van der Waals surface area contributed by atoms with Crippen LogP contribution in [-0.2, 0) is 27.0 Å². The smallest absolute Gasteiger partial charge is 0.304 e. The predicted molar refractivity (Wildman–Crippen MR) is 126 cm³/mol. The van der Waals surface area contributed by atoms with E-state index in [-0.39, 0.29) is 23.2 Å². The number of carboxylic acids is 1. The van der Waals surface area contributed by atoms with E-state index >= 15 is 0 Å². The number of fused-ring (bicyclic) bond motifs is 1. The highest BCUT2D eigenvalue weighted by Gasteiger charge is 2.36. The van der Waals surface area contributed by atoms with Gasteiger partial charge in [0.05, 0.1) is 12.3 Å². The Kier molecular flexibility index (Phi) is 6.68. The van der Waals surface area contributed by atoms with E-state index in [2.05, 4.69) is 45.9 Å². The second-order valence-corrected chi connectivity index (χ2v) is 10.4. The van der Waals surface area contributed by atoms with Gasteiger partial charge in [0.2, 0.25) is 5.91 Å². The highest BCUT2D eigenvalue weighted by Crippen LogP contribution is 2.45. The number of likely N-dealkylation sites (N-methyl/N-ethyl adjacent to an activating group) is 1. The summed E-state index contributed by atoms with van der Waals surface area (Å²) < 4.78 is 6.02. The number of carbonyl (C=O) groups is 2. The molecule has 0 saturated heterocycles. The van der Waals surface area contributed by atoms with Gasteiger partial charge in [0.15, 0.2) is 0 Å². The van der Waals surface area contributed by atoms with Crippen LogP contribution < -0.4 is 4.74 Å². The zero-order chi connectivity index (χ0) is 23.7. The lowest BCUT2D eigenvalue weighted by Crippen LogP contribution is -2.33. The van der Waals surface area contributed by atoms with E-state index in [4.69, 9.17) is 4.74 Å². The Morgan fingerprint density at radius 3 is 2.12 bits per heavy atom. The number of aliphatic carboxylic acids is 1. The van der Waals surface area contributed by atoms with Gasteiger partial charge in [-0.25, -0.2) is 0 Å². The molecule has 0 fully saturated rings. The summed E-state index contributed by atoms with van der Waals surface area (Å²) in [6.45, 7) is 9.72. The summed E-state index contributed by atoms with van der Waals surface area (Å²) in [7, 11) is 3.27. The normalized spacial score (nSPS) is 17.2. The second kappa shape index (κ2) is 8.97. The number of benzene rings is 2. The van der Waals surface area contributed by atoms with Gasteiger partial charge in [-0.2, -0.15) is 0 Å². The number of ether oxygens (including phenoxy) is 1. The number of carbonyl (C=O) groups excluding carboxylic acids is 1. The van der Waals surface area contributed by atoms with Crippen LogP contribution in [0.3, 0.4) is 0 Å². The van der Waals surface area contributed by atoms with Crippen molar-refractivity contribution in [1.29, 1.82) is 0 Å². The van der Waals surface area contributed by atoms with Crippen LogP contribution in [0.1, 0.15) is 75.1 Å². The van der Waals surface area contributed by atoms with Crippen molar-refractivity contribution < 1.29 is 19.4 Å². The molecule has 3 rings (SSSR count). The summed E-state index contributed by atoms with van der Waals surface area (Å²) in [6.07, 6.45) is 2.12. The predicted octanol–water partition coefficient (Wildman–Crippen LogP) is 5.26. The van der Waals surface area contributed by atoms with Crippen molar-refractivity contribution in [2.75, 3.05) is 14.1 Å². The summed E-state index contributed by atoms with van der Waals surface area (Å²) in [6, 6.07) is 13.8. The van der Waals surface area contributed by atoms with Gasteiger partial charge in [0, 0.05) is 14.1 Å². The molecule has 0 bridgehead atoms. The summed E-state index contributed by atoms with van der Waals surface area (Å²) in [5.74, 6) is -1.23. The average Bonchev–Trinajstić information content (AvgIpc) is 2.73. The first-order chi connectivity index (χ1) is 14.9.